The molecule has 0 bridgehead atoms. The molecule has 1 aromatic carbocycles. The molecule has 9 heteroatoms. The van der Waals surface area contributed by atoms with Crippen LogP contribution in [0.5, 0.6) is 0 Å². The Bertz CT molecular complexity index is 1240. The zero-order valence-corrected chi connectivity index (χ0v) is 19.3. The molecule has 0 saturated carbocycles. The summed E-state index contributed by atoms with van der Waals surface area (Å²) < 4.78 is 5.47. The first kappa shape index (κ1) is 21.7. The summed E-state index contributed by atoms with van der Waals surface area (Å²) in [6, 6.07) is 12.6. The van der Waals surface area contributed by atoms with E-state index >= 15 is 0 Å². The van der Waals surface area contributed by atoms with E-state index in [0.717, 1.165) is 41.1 Å². The van der Waals surface area contributed by atoms with Gasteiger partial charge in [-0.2, -0.15) is 5.10 Å². The molecule has 4 aromatic rings. The van der Waals surface area contributed by atoms with Gasteiger partial charge < -0.3 is 26.0 Å². The molecule has 4 heterocycles. The summed E-state index contributed by atoms with van der Waals surface area (Å²) in [5, 5.41) is 19.1. The van der Waals surface area contributed by atoms with Gasteiger partial charge in [-0.1, -0.05) is 24.3 Å². The van der Waals surface area contributed by atoms with Crippen molar-refractivity contribution in [2.24, 2.45) is 5.73 Å². The first-order chi connectivity index (χ1) is 16.2. The molecule has 170 valence electrons. The molecule has 4 N–H and O–H groups in total. The highest BCUT2D eigenvalue weighted by Crippen LogP contribution is 2.32. The molecule has 5 rings (SSSR count). The van der Waals surface area contributed by atoms with E-state index in [4.69, 9.17) is 10.5 Å². The van der Waals surface area contributed by atoms with Crippen LogP contribution in [0.2, 0.25) is 0 Å². The van der Waals surface area contributed by atoms with Crippen LogP contribution in [0.15, 0.2) is 54.2 Å². The molecule has 1 atom stereocenters. The molecular formula is C24H27N7OS. The molecule has 0 unspecified atom stereocenters. The number of rotatable bonds is 7. The Morgan fingerprint density at radius 3 is 2.88 bits per heavy atom. The quantitative estimate of drug-likeness (QED) is 0.360. The van der Waals surface area contributed by atoms with Gasteiger partial charge in [-0.25, -0.2) is 4.98 Å². The summed E-state index contributed by atoms with van der Waals surface area (Å²) in [5.41, 5.74) is 10.2. The molecule has 0 aliphatic carbocycles. The van der Waals surface area contributed by atoms with Gasteiger partial charge in [0, 0.05) is 41.5 Å². The van der Waals surface area contributed by atoms with E-state index < -0.39 is 6.17 Å². The predicted molar refractivity (Wildman–Crippen MR) is 133 cm³/mol. The second-order valence-electron chi connectivity index (χ2n) is 7.97. The zero-order chi connectivity index (χ0) is 22.6. The molecule has 1 fully saturated rings. The second kappa shape index (κ2) is 9.80. The molecule has 0 amide bonds. The number of fused-ring (bicyclic) bond motifs is 1. The first-order valence-electron chi connectivity index (χ1n) is 11.0. The minimum absolute atomic E-state index is 0.403. The van der Waals surface area contributed by atoms with Crippen molar-refractivity contribution in [2.75, 3.05) is 43.6 Å². The summed E-state index contributed by atoms with van der Waals surface area (Å²) in [4.78, 5) is 7.87. The van der Waals surface area contributed by atoms with Crippen molar-refractivity contribution in [1.29, 1.82) is 0 Å². The molecule has 1 aliphatic rings. The van der Waals surface area contributed by atoms with Gasteiger partial charge in [0.1, 0.15) is 12.0 Å². The van der Waals surface area contributed by atoms with Gasteiger partial charge in [0.25, 0.3) is 0 Å². The minimum atomic E-state index is -0.403. The van der Waals surface area contributed by atoms with E-state index in [0.29, 0.717) is 19.0 Å². The number of hydrogen-bond acceptors (Lipinski definition) is 9. The van der Waals surface area contributed by atoms with Crippen molar-refractivity contribution in [2.45, 2.75) is 12.7 Å². The fourth-order valence-electron chi connectivity index (χ4n) is 4.06. The smallest absolute Gasteiger partial charge is 0.158 e. The average molecular weight is 462 g/mol. The number of nitrogens with two attached hydrogens (primary N) is 1. The number of anilines is 2. The highest BCUT2D eigenvalue weighted by Gasteiger charge is 2.17. The molecule has 1 aliphatic heterocycles. The van der Waals surface area contributed by atoms with Crippen LogP contribution >= 0.6 is 11.3 Å². The maximum Gasteiger partial charge on any atom is 0.158 e. The average Bonchev–Trinajstić information content (AvgIpc) is 3.35. The highest BCUT2D eigenvalue weighted by molar-refractivity contribution is 7.10. The van der Waals surface area contributed by atoms with Crippen LogP contribution in [-0.2, 0) is 11.3 Å². The van der Waals surface area contributed by atoms with Gasteiger partial charge in [0.15, 0.2) is 5.82 Å². The second-order valence-corrected chi connectivity index (χ2v) is 8.91. The van der Waals surface area contributed by atoms with Gasteiger partial charge >= 0.3 is 0 Å². The van der Waals surface area contributed by atoms with E-state index in [1.807, 2.05) is 13.2 Å². The molecule has 33 heavy (non-hydrogen) atoms. The van der Waals surface area contributed by atoms with Crippen molar-refractivity contribution in [3.05, 3.63) is 64.6 Å². The van der Waals surface area contributed by atoms with Crippen LogP contribution in [0, 0.1) is 0 Å². The summed E-state index contributed by atoms with van der Waals surface area (Å²) in [6.45, 7) is 3.89. The number of nitrogens with zero attached hydrogens (tertiary/aromatic N) is 4. The molecule has 0 spiro atoms. The lowest BCUT2D eigenvalue weighted by atomic mass is 10.0. The first-order valence-corrected chi connectivity index (χ1v) is 11.9. The fourth-order valence-corrected chi connectivity index (χ4v) is 4.92. The van der Waals surface area contributed by atoms with Crippen LogP contribution in [-0.4, -0.2) is 48.5 Å². The maximum atomic E-state index is 6.56. The van der Waals surface area contributed by atoms with Gasteiger partial charge in [0.2, 0.25) is 0 Å². The van der Waals surface area contributed by atoms with Crippen LogP contribution in [0.25, 0.3) is 21.9 Å². The Balaban J connectivity index is 1.40. The minimum Gasteiger partial charge on any atom is -0.378 e. The normalized spacial score (nSPS) is 15.0. The van der Waals surface area contributed by atoms with Crippen LogP contribution in [0.1, 0.15) is 16.6 Å². The van der Waals surface area contributed by atoms with Gasteiger partial charge in [-0.3, -0.25) is 0 Å². The van der Waals surface area contributed by atoms with E-state index in [9.17, 15) is 0 Å². The number of ether oxygens (including phenoxy) is 1. The van der Waals surface area contributed by atoms with Gasteiger partial charge in [-0.15, -0.1) is 16.4 Å². The third-order valence-electron chi connectivity index (χ3n) is 5.78. The number of benzene rings is 1. The zero-order valence-electron chi connectivity index (χ0n) is 18.5. The Kier molecular flexibility index (Phi) is 6.45. The number of nitrogens with one attached hydrogen (secondary N) is 2. The third-order valence-corrected chi connectivity index (χ3v) is 6.79. The largest absolute Gasteiger partial charge is 0.378 e. The highest BCUT2D eigenvalue weighted by atomic mass is 32.1. The number of morpholine rings is 1. The van der Waals surface area contributed by atoms with Crippen LogP contribution < -0.4 is 21.3 Å². The lowest BCUT2D eigenvalue weighted by Crippen LogP contribution is -2.36. The lowest BCUT2D eigenvalue weighted by molar-refractivity contribution is 0.122. The number of thiophene rings is 1. The predicted octanol–water partition coefficient (Wildman–Crippen LogP) is 3.38. The summed E-state index contributed by atoms with van der Waals surface area (Å²) in [7, 11) is 1.96. The summed E-state index contributed by atoms with van der Waals surface area (Å²) in [6.07, 6.45) is 3.16. The van der Waals surface area contributed by atoms with Crippen molar-refractivity contribution < 1.29 is 4.74 Å². The molecular weight excluding hydrogens is 434 g/mol. The van der Waals surface area contributed by atoms with E-state index in [-0.39, 0.29) is 0 Å². The van der Waals surface area contributed by atoms with Crippen molar-refractivity contribution in [3.63, 3.8) is 0 Å². The Hall–Kier alpha value is -3.11. The topological polar surface area (TPSA) is 101 Å². The molecule has 8 nitrogen and oxygen atoms in total. The Morgan fingerprint density at radius 2 is 2.03 bits per heavy atom. The monoisotopic (exact) mass is 461 g/mol. The van der Waals surface area contributed by atoms with E-state index in [1.165, 1.54) is 16.7 Å². The van der Waals surface area contributed by atoms with E-state index in [2.05, 4.69) is 72.5 Å². The molecule has 0 radical (unpaired) electrons. The van der Waals surface area contributed by atoms with Crippen LogP contribution in [0.3, 0.4) is 0 Å². The summed E-state index contributed by atoms with van der Waals surface area (Å²) in [5.74, 6) is 1.57. The van der Waals surface area contributed by atoms with Crippen molar-refractivity contribution in [1.82, 2.24) is 20.5 Å². The van der Waals surface area contributed by atoms with Gasteiger partial charge in [-0.05, 0) is 41.3 Å². The SMILES string of the molecule is CNCc1ccccc1-c1csc([C@@H](N)Nc2nncc3cnc(N4CCOCC4)cc23)c1. The fraction of sp³-hybridized carbons (Fsp3) is 0.292. The van der Waals surface area contributed by atoms with E-state index in [1.54, 1.807) is 17.5 Å². The Morgan fingerprint density at radius 1 is 1.18 bits per heavy atom. The summed E-state index contributed by atoms with van der Waals surface area (Å²) >= 11 is 1.64. The molecule has 3 aromatic heterocycles. The lowest BCUT2D eigenvalue weighted by Gasteiger charge is -2.28. The van der Waals surface area contributed by atoms with Gasteiger partial charge in [0.05, 0.1) is 19.4 Å². The number of pyridine rings is 1. The molecule has 1 saturated heterocycles. The van der Waals surface area contributed by atoms with Crippen LogP contribution in [0.4, 0.5) is 11.6 Å². The standard InChI is InChI=1S/C24H27N7OS/c1-26-12-16-4-2-3-5-19(16)17-10-21(33-15-17)23(25)29-24-20-11-22(31-6-8-32-9-7-31)27-13-18(20)14-28-30-24/h2-5,10-11,13-15,23,26H,6-9,12,25H2,1H3,(H,29,30)/t23-/m0/s1. The number of aromatic nitrogens is 3. The van der Waals surface area contributed by atoms with Crippen molar-refractivity contribution in [3.8, 4) is 11.1 Å². The van der Waals surface area contributed by atoms with Crippen molar-refractivity contribution >= 4 is 33.7 Å². The number of hydrogen-bond donors (Lipinski definition) is 3. The Labute approximate surface area is 196 Å². The maximum absolute atomic E-state index is 6.56. The third kappa shape index (κ3) is 4.67.